The van der Waals surface area contributed by atoms with Crippen LogP contribution < -0.4 is 10.1 Å². The number of methoxy groups -OCH3 is 1. The fourth-order valence-electron chi connectivity index (χ4n) is 2.95. The molecule has 1 aliphatic heterocycles. The normalized spacial score (nSPS) is 22.5. The molecule has 0 aliphatic carbocycles. The highest BCUT2D eigenvalue weighted by atomic mass is 16.5. The number of rotatable bonds is 4. The molecule has 0 amide bonds. The van der Waals surface area contributed by atoms with Gasteiger partial charge in [-0.3, -0.25) is 4.79 Å². The van der Waals surface area contributed by atoms with Crippen LogP contribution in [0.4, 0.5) is 0 Å². The van der Waals surface area contributed by atoms with Gasteiger partial charge >= 0.3 is 0 Å². The van der Waals surface area contributed by atoms with Crippen LogP contribution in [0.2, 0.25) is 0 Å². The molecule has 1 atom stereocenters. The van der Waals surface area contributed by atoms with E-state index in [0.29, 0.717) is 5.56 Å². The number of hydrogen-bond acceptors (Lipinski definition) is 3. The Bertz CT molecular complexity index is 488. The third kappa shape index (κ3) is 2.27. The van der Waals surface area contributed by atoms with Crippen molar-refractivity contribution < 1.29 is 9.53 Å². The fourth-order valence-corrected chi connectivity index (χ4v) is 2.95. The van der Waals surface area contributed by atoms with Gasteiger partial charge in [0.1, 0.15) is 5.75 Å². The molecule has 0 aromatic heterocycles. The molecule has 1 unspecified atom stereocenters. The topological polar surface area (TPSA) is 38.3 Å². The van der Waals surface area contributed by atoms with Crippen LogP contribution in [0.15, 0.2) is 12.1 Å². The lowest BCUT2D eigenvalue weighted by Gasteiger charge is -2.27. The fraction of sp³-hybridized carbons (Fsp3) is 0.562. The lowest BCUT2D eigenvalue weighted by molar-refractivity contribution is 0.0860. The van der Waals surface area contributed by atoms with E-state index in [0.717, 1.165) is 42.7 Å². The number of carbonyl (C=O) groups is 1. The third-order valence-electron chi connectivity index (χ3n) is 4.41. The number of nitrogens with one attached hydrogen (secondary N) is 1. The minimum atomic E-state index is -0.394. The Morgan fingerprint density at radius 3 is 2.68 bits per heavy atom. The molecule has 1 heterocycles. The van der Waals surface area contributed by atoms with Gasteiger partial charge in [-0.1, -0.05) is 13.0 Å². The molecule has 3 heteroatoms. The van der Waals surface area contributed by atoms with E-state index in [1.54, 1.807) is 7.11 Å². The van der Waals surface area contributed by atoms with Crippen LogP contribution >= 0.6 is 0 Å². The summed E-state index contributed by atoms with van der Waals surface area (Å²) in [6, 6.07) is 3.91. The molecule has 0 saturated carbocycles. The molecule has 0 spiro atoms. The van der Waals surface area contributed by atoms with E-state index in [2.05, 4.69) is 12.2 Å². The van der Waals surface area contributed by atoms with Gasteiger partial charge in [-0.05, 0) is 56.8 Å². The van der Waals surface area contributed by atoms with Gasteiger partial charge in [0, 0.05) is 0 Å². The molecule has 19 heavy (non-hydrogen) atoms. The molecule has 0 radical (unpaired) electrons. The molecule has 104 valence electrons. The molecule has 1 N–H and O–H groups in total. The highest BCUT2D eigenvalue weighted by Gasteiger charge is 2.40. The zero-order valence-electron chi connectivity index (χ0n) is 12.3. The van der Waals surface area contributed by atoms with Gasteiger partial charge in [0.25, 0.3) is 0 Å². The minimum Gasteiger partial charge on any atom is -0.496 e. The molecule has 1 aromatic rings. The van der Waals surface area contributed by atoms with Crippen LogP contribution in [-0.2, 0) is 0 Å². The lowest BCUT2D eigenvalue weighted by atomic mass is 9.84. The summed E-state index contributed by atoms with van der Waals surface area (Å²) in [7, 11) is 1.64. The number of Topliss-reactive ketones (excluding diaryl/α,β-unsaturated/α-hetero) is 1. The van der Waals surface area contributed by atoms with Crippen molar-refractivity contribution >= 4 is 5.78 Å². The van der Waals surface area contributed by atoms with Gasteiger partial charge in [0.05, 0.1) is 18.2 Å². The van der Waals surface area contributed by atoms with Gasteiger partial charge < -0.3 is 10.1 Å². The summed E-state index contributed by atoms with van der Waals surface area (Å²) in [4.78, 5) is 12.9. The van der Waals surface area contributed by atoms with Gasteiger partial charge in [-0.15, -0.1) is 0 Å². The van der Waals surface area contributed by atoms with E-state index in [1.165, 1.54) is 0 Å². The molecule has 0 bridgehead atoms. The molecule has 1 saturated heterocycles. The Labute approximate surface area is 115 Å². The lowest BCUT2D eigenvalue weighted by Crippen LogP contribution is -2.47. The van der Waals surface area contributed by atoms with Crippen molar-refractivity contribution in [2.24, 2.45) is 0 Å². The first-order chi connectivity index (χ1) is 9.05. The molecule has 1 aromatic carbocycles. The molecular weight excluding hydrogens is 238 g/mol. The van der Waals surface area contributed by atoms with E-state index < -0.39 is 5.54 Å². The third-order valence-corrected chi connectivity index (χ3v) is 4.41. The van der Waals surface area contributed by atoms with E-state index in [9.17, 15) is 4.79 Å². The molecule has 1 fully saturated rings. The Balaban J connectivity index is 2.47. The number of hydrogen-bond donors (Lipinski definition) is 1. The highest BCUT2D eigenvalue weighted by Crippen LogP contribution is 2.33. The maximum absolute atomic E-state index is 12.9. The minimum absolute atomic E-state index is 0.174. The maximum Gasteiger partial charge on any atom is 0.186 e. The van der Waals surface area contributed by atoms with Crippen molar-refractivity contribution in [3.8, 4) is 5.75 Å². The second kappa shape index (κ2) is 5.33. The Kier molecular flexibility index (Phi) is 3.95. The van der Waals surface area contributed by atoms with Crippen LogP contribution in [0.25, 0.3) is 0 Å². The van der Waals surface area contributed by atoms with E-state index in [1.807, 2.05) is 26.0 Å². The Hall–Kier alpha value is -1.35. The molecule has 3 nitrogen and oxygen atoms in total. The Morgan fingerprint density at radius 1 is 1.42 bits per heavy atom. The molecule has 2 rings (SSSR count). The predicted molar refractivity (Wildman–Crippen MR) is 77.1 cm³/mol. The zero-order valence-corrected chi connectivity index (χ0v) is 12.3. The summed E-state index contributed by atoms with van der Waals surface area (Å²) in [5.74, 6) is 0.902. The monoisotopic (exact) mass is 261 g/mol. The van der Waals surface area contributed by atoms with Gasteiger partial charge in [-0.2, -0.15) is 0 Å². The van der Waals surface area contributed by atoms with E-state index >= 15 is 0 Å². The van der Waals surface area contributed by atoms with Crippen LogP contribution in [-0.4, -0.2) is 25.0 Å². The van der Waals surface area contributed by atoms with Gasteiger partial charge in [0.2, 0.25) is 0 Å². The van der Waals surface area contributed by atoms with Gasteiger partial charge in [-0.25, -0.2) is 0 Å². The van der Waals surface area contributed by atoms with E-state index in [4.69, 9.17) is 4.74 Å². The second-order valence-corrected chi connectivity index (χ2v) is 5.38. The summed E-state index contributed by atoms with van der Waals surface area (Å²) in [6.07, 6.45) is 2.80. The van der Waals surface area contributed by atoms with Gasteiger partial charge in [0.15, 0.2) is 5.78 Å². The first kappa shape index (κ1) is 14.1. The number of ether oxygens (including phenoxy) is 1. The second-order valence-electron chi connectivity index (χ2n) is 5.38. The van der Waals surface area contributed by atoms with Crippen molar-refractivity contribution in [3.63, 3.8) is 0 Å². The smallest absolute Gasteiger partial charge is 0.186 e. The SMILES string of the molecule is CCC1(C(=O)c2ccc(C)c(C)c2OC)CCCN1. The summed E-state index contributed by atoms with van der Waals surface area (Å²) in [5, 5.41) is 3.40. The average molecular weight is 261 g/mol. The number of ketones is 1. The van der Waals surface area contributed by atoms with E-state index in [-0.39, 0.29) is 5.78 Å². The zero-order chi connectivity index (χ0) is 14.0. The summed E-state index contributed by atoms with van der Waals surface area (Å²) >= 11 is 0. The van der Waals surface area contributed by atoms with Crippen molar-refractivity contribution in [1.82, 2.24) is 5.32 Å². The van der Waals surface area contributed by atoms with Crippen LogP contribution in [0.3, 0.4) is 0 Å². The Morgan fingerprint density at radius 2 is 2.16 bits per heavy atom. The number of benzene rings is 1. The van der Waals surface area contributed by atoms with Crippen molar-refractivity contribution in [3.05, 3.63) is 28.8 Å². The first-order valence-electron chi connectivity index (χ1n) is 6.99. The number of carbonyl (C=O) groups excluding carboxylic acids is 1. The summed E-state index contributed by atoms with van der Waals surface area (Å²) < 4.78 is 5.48. The molecular formula is C16H23NO2. The maximum atomic E-state index is 12.9. The van der Waals surface area contributed by atoms with Crippen LogP contribution in [0.1, 0.15) is 47.7 Å². The van der Waals surface area contributed by atoms with Crippen molar-refractivity contribution in [2.75, 3.05) is 13.7 Å². The van der Waals surface area contributed by atoms with Crippen molar-refractivity contribution in [2.45, 2.75) is 45.6 Å². The quantitative estimate of drug-likeness (QED) is 0.847. The standard InChI is InChI=1S/C16H23NO2/c1-5-16(9-6-10-17-16)15(18)13-8-7-11(2)12(3)14(13)19-4/h7-8,17H,5-6,9-10H2,1-4H3. The first-order valence-corrected chi connectivity index (χ1v) is 6.99. The molecule has 1 aliphatic rings. The summed E-state index contributed by atoms with van der Waals surface area (Å²) in [6.45, 7) is 7.04. The van der Waals surface area contributed by atoms with Crippen molar-refractivity contribution in [1.29, 1.82) is 0 Å². The summed E-state index contributed by atoms with van der Waals surface area (Å²) in [5.41, 5.74) is 2.52. The van der Waals surface area contributed by atoms with Crippen LogP contribution in [0.5, 0.6) is 5.75 Å². The van der Waals surface area contributed by atoms with Crippen LogP contribution in [0, 0.1) is 13.8 Å². The number of aryl methyl sites for hydroxylation is 1. The predicted octanol–water partition coefficient (Wildman–Crippen LogP) is 3.03. The average Bonchev–Trinajstić information content (AvgIpc) is 2.91. The largest absolute Gasteiger partial charge is 0.496 e. The highest BCUT2D eigenvalue weighted by molar-refractivity contribution is 6.06.